The highest BCUT2D eigenvalue weighted by atomic mass is 16.2. The average molecular weight is 299 g/mol. The first-order valence-corrected chi connectivity index (χ1v) is 6.73. The predicted octanol–water partition coefficient (Wildman–Crippen LogP) is 0.545. The van der Waals surface area contributed by atoms with E-state index in [9.17, 15) is 14.4 Å². The van der Waals surface area contributed by atoms with Gasteiger partial charge in [-0.2, -0.15) is 5.10 Å². The lowest BCUT2D eigenvalue weighted by Crippen LogP contribution is -2.47. The molecule has 4 amide bonds. The van der Waals surface area contributed by atoms with Crippen molar-refractivity contribution < 1.29 is 14.4 Å². The van der Waals surface area contributed by atoms with Crippen molar-refractivity contribution in [3.8, 4) is 0 Å². The van der Waals surface area contributed by atoms with Crippen LogP contribution in [0, 0.1) is 11.8 Å². The minimum absolute atomic E-state index is 0.101. The van der Waals surface area contributed by atoms with E-state index in [0.29, 0.717) is 12.3 Å². The van der Waals surface area contributed by atoms with E-state index in [1.54, 1.807) is 20.9 Å². The first-order valence-electron chi connectivity index (χ1n) is 6.73. The molecule has 8 nitrogen and oxygen atoms in total. The van der Waals surface area contributed by atoms with Crippen molar-refractivity contribution in [1.82, 2.24) is 15.4 Å². The van der Waals surface area contributed by atoms with Crippen molar-refractivity contribution in [3.05, 3.63) is 0 Å². The average Bonchev–Trinajstić information content (AvgIpc) is 2.70. The first-order chi connectivity index (χ1) is 9.56. The van der Waals surface area contributed by atoms with Gasteiger partial charge < -0.3 is 5.73 Å². The van der Waals surface area contributed by atoms with E-state index in [2.05, 4.69) is 10.5 Å². The van der Waals surface area contributed by atoms with Gasteiger partial charge in [-0.15, -0.1) is 0 Å². The van der Waals surface area contributed by atoms with Crippen LogP contribution in [-0.4, -0.2) is 47.7 Å². The van der Waals surface area contributed by atoms with E-state index in [0.717, 1.165) is 10.7 Å². The second kappa shape index (κ2) is 8.23. The number of urea groups is 1. The summed E-state index contributed by atoms with van der Waals surface area (Å²) in [6.07, 6.45) is 0.508. The standard InChI is InChI=1S/C7H12N2O.C6H13N3O2/c1-5(2)6-4-7(10)9(3)8-6;1-4(2)5(10)8-9(3)6(7)11/h5H,4H2,1-3H3;4H,1-3H3,(H2,7,11)(H,8,10). The lowest BCUT2D eigenvalue weighted by Gasteiger charge is -2.16. The number of nitrogens with two attached hydrogens (primary N) is 1. The number of carbonyl (C=O) groups excluding carboxylic acids is 3. The number of hydrazine groups is 1. The third kappa shape index (κ3) is 6.73. The Morgan fingerprint density at radius 3 is 2.10 bits per heavy atom. The first kappa shape index (κ1) is 18.9. The van der Waals surface area contributed by atoms with Crippen molar-refractivity contribution >= 4 is 23.6 Å². The predicted molar refractivity (Wildman–Crippen MR) is 80.0 cm³/mol. The number of hydrogen-bond acceptors (Lipinski definition) is 4. The summed E-state index contributed by atoms with van der Waals surface area (Å²) in [5, 5.41) is 6.43. The quantitative estimate of drug-likeness (QED) is 0.726. The molecule has 0 aromatic rings. The van der Waals surface area contributed by atoms with Crippen molar-refractivity contribution in [2.45, 2.75) is 34.1 Å². The van der Waals surface area contributed by atoms with Gasteiger partial charge in [0.2, 0.25) is 11.8 Å². The van der Waals surface area contributed by atoms with Crippen molar-refractivity contribution in [2.75, 3.05) is 14.1 Å². The van der Waals surface area contributed by atoms with E-state index >= 15 is 0 Å². The van der Waals surface area contributed by atoms with Crippen LogP contribution in [0.4, 0.5) is 4.79 Å². The molecule has 0 aliphatic carbocycles. The van der Waals surface area contributed by atoms with Gasteiger partial charge in [0.1, 0.15) is 0 Å². The number of nitrogens with one attached hydrogen (secondary N) is 1. The van der Waals surface area contributed by atoms with Gasteiger partial charge in [0.15, 0.2) is 0 Å². The lowest BCUT2D eigenvalue weighted by atomic mass is 10.1. The third-order valence-corrected chi connectivity index (χ3v) is 2.77. The largest absolute Gasteiger partial charge is 0.350 e. The summed E-state index contributed by atoms with van der Waals surface area (Å²) in [6, 6.07) is -0.681. The third-order valence-electron chi connectivity index (χ3n) is 2.77. The summed E-state index contributed by atoms with van der Waals surface area (Å²) in [5.74, 6) is 0.112. The molecular formula is C13H25N5O3. The van der Waals surface area contributed by atoms with Gasteiger partial charge in [0.05, 0.1) is 12.1 Å². The Morgan fingerprint density at radius 1 is 1.33 bits per heavy atom. The number of nitrogens with zero attached hydrogens (tertiary/aromatic N) is 3. The van der Waals surface area contributed by atoms with Crippen LogP contribution in [0.1, 0.15) is 34.1 Å². The van der Waals surface area contributed by atoms with Gasteiger partial charge >= 0.3 is 6.03 Å². The van der Waals surface area contributed by atoms with E-state index in [4.69, 9.17) is 5.73 Å². The maximum atomic E-state index is 10.9. The minimum atomic E-state index is -0.681. The number of carbonyl (C=O) groups is 3. The second-order valence-corrected chi connectivity index (χ2v) is 5.37. The smallest absolute Gasteiger partial charge is 0.333 e. The van der Waals surface area contributed by atoms with E-state index < -0.39 is 6.03 Å². The summed E-state index contributed by atoms with van der Waals surface area (Å²) >= 11 is 0. The van der Waals surface area contributed by atoms with Crippen LogP contribution in [0.25, 0.3) is 0 Å². The summed E-state index contributed by atoms with van der Waals surface area (Å²) < 4.78 is 0. The molecule has 3 N–H and O–H groups in total. The van der Waals surface area contributed by atoms with Gasteiger partial charge in [-0.05, 0) is 5.92 Å². The molecule has 0 fully saturated rings. The maximum Gasteiger partial charge on any atom is 0.333 e. The molecule has 21 heavy (non-hydrogen) atoms. The Hall–Kier alpha value is -2.12. The van der Waals surface area contributed by atoms with Gasteiger partial charge in [-0.3, -0.25) is 15.0 Å². The van der Waals surface area contributed by atoms with Crippen LogP contribution in [0.5, 0.6) is 0 Å². The number of hydrazone groups is 1. The molecule has 1 rings (SSSR count). The van der Waals surface area contributed by atoms with Crippen LogP contribution in [0.15, 0.2) is 5.10 Å². The molecule has 0 saturated carbocycles. The summed E-state index contributed by atoms with van der Waals surface area (Å²) in [5.41, 5.74) is 8.15. The lowest BCUT2D eigenvalue weighted by molar-refractivity contribution is -0.128. The molecule has 0 aromatic carbocycles. The fourth-order valence-corrected chi connectivity index (χ4v) is 1.22. The number of hydrogen-bond donors (Lipinski definition) is 2. The Bertz CT molecular complexity index is 432. The SMILES string of the molecule is CC(C)C(=O)NN(C)C(N)=O.CC(C)C1=NN(C)C(=O)C1. The molecule has 120 valence electrons. The highest BCUT2D eigenvalue weighted by Crippen LogP contribution is 2.11. The van der Waals surface area contributed by atoms with Crippen LogP contribution < -0.4 is 11.2 Å². The molecule has 8 heteroatoms. The van der Waals surface area contributed by atoms with E-state index in [-0.39, 0.29) is 17.7 Å². The Kier molecular flexibility index (Phi) is 7.40. The molecule has 1 aliphatic heterocycles. The zero-order valence-corrected chi connectivity index (χ0v) is 13.5. The summed E-state index contributed by atoms with van der Waals surface area (Å²) in [6.45, 7) is 7.55. The number of primary amides is 1. The Labute approximate surface area is 125 Å². The van der Waals surface area contributed by atoms with Crippen molar-refractivity contribution in [3.63, 3.8) is 0 Å². The summed E-state index contributed by atoms with van der Waals surface area (Å²) in [4.78, 5) is 32.2. The van der Waals surface area contributed by atoms with Crippen LogP contribution in [-0.2, 0) is 9.59 Å². The maximum absolute atomic E-state index is 10.9. The number of rotatable bonds is 2. The Balaban J connectivity index is 0.000000382. The molecule has 1 aliphatic rings. The topological polar surface area (TPSA) is 108 Å². The van der Waals surface area contributed by atoms with Crippen molar-refractivity contribution in [1.29, 1.82) is 0 Å². The highest BCUT2D eigenvalue weighted by molar-refractivity contribution is 6.05. The normalized spacial score (nSPS) is 13.8. The fraction of sp³-hybridized carbons (Fsp3) is 0.692. The Morgan fingerprint density at radius 2 is 1.86 bits per heavy atom. The van der Waals surface area contributed by atoms with Crippen LogP contribution in [0.2, 0.25) is 0 Å². The molecule has 0 radical (unpaired) electrons. The molecule has 0 aromatic heterocycles. The zero-order chi connectivity index (χ0) is 16.7. The van der Waals surface area contributed by atoms with Gasteiger partial charge in [-0.25, -0.2) is 14.8 Å². The molecule has 0 bridgehead atoms. The molecular weight excluding hydrogens is 274 g/mol. The zero-order valence-electron chi connectivity index (χ0n) is 13.5. The monoisotopic (exact) mass is 299 g/mol. The molecule has 0 atom stereocenters. The van der Waals surface area contributed by atoms with Crippen LogP contribution >= 0.6 is 0 Å². The number of amides is 4. The molecule has 0 saturated heterocycles. The van der Waals surface area contributed by atoms with Crippen LogP contribution in [0.3, 0.4) is 0 Å². The highest BCUT2D eigenvalue weighted by Gasteiger charge is 2.21. The molecule has 1 heterocycles. The fourth-order valence-electron chi connectivity index (χ4n) is 1.22. The van der Waals surface area contributed by atoms with Gasteiger partial charge in [0, 0.05) is 20.0 Å². The second-order valence-electron chi connectivity index (χ2n) is 5.37. The van der Waals surface area contributed by atoms with E-state index in [1.807, 2.05) is 13.8 Å². The molecule has 0 spiro atoms. The summed E-state index contributed by atoms with van der Waals surface area (Å²) in [7, 11) is 3.08. The van der Waals surface area contributed by atoms with E-state index in [1.165, 1.54) is 12.1 Å². The molecule has 0 unspecified atom stereocenters. The van der Waals surface area contributed by atoms with Gasteiger partial charge in [-0.1, -0.05) is 27.7 Å². The van der Waals surface area contributed by atoms with Crippen molar-refractivity contribution in [2.24, 2.45) is 22.7 Å². The van der Waals surface area contributed by atoms with Gasteiger partial charge in [0.25, 0.3) is 0 Å². The minimum Gasteiger partial charge on any atom is -0.350 e.